The Morgan fingerprint density at radius 1 is 1.16 bits per heavy atom. The van der Waals surface area contributed by atoms with E-state index in [0.717, 1.165) is 32.6 Å². The van der Waals surface area contributed by atoms with Crippen molar-refractivity contribution in [2.75, 3.05) is 0 Å². The highest BCUT2D eigenvalue weighted by Gasteiger charge is 2.10. The Labute approximate surface area is 122 Å². The number of rotatable bonds is 3. The highest BCUT2D eigenvalue weighted by atomic mass is 35.5. The highest BCUT2D eigenvalue weighted by molar-refractivity contribution is 7.99. The quantitative estimate of drug-likeness (QED) is 0.877. The number of nitrogens with zero attached hydrogens (tertiary/aromatic N) is 2. The minimum Gasteiger partial charge on any atom is -0.326 e. The van der Waals surface area contributed by atoms with Gasteiger partial charge in [0.15, 0.2) is 5.16 Å². The second kappa shape index (κ2) is 5.90. The molecule has 0 aliphatic rings. The molecule has 1 heterocycles. The Kier molecular flexibility index (Phi) is 4.45. The average molecular weight is 294 g/mol. The van der Waals surface area contributed by atoms with E-state index in [9.17, 15) is 0 Å². The lowest BCUT2D eigenvalue weighted by Gasteiger charge is -2.10. The molecule has 0 atom stereocenters. The van der Waals surface area contributed by atoms with Crippen molar-refractivity contribution >= 4 is 23.4 Å². The van der Waals surface area contributed by atoms with Gasteiger partial charge in [-0.3, -0.25) is 0 Å². The molecule has 0 spiro atoms. The van der Waals surface area contributed by atoms with Crippen LogP contribution in [0.25, 0.3) is 0 Å². The van der Waals surface area contributed by atoms with Gasteiger partial charge in [0.25, 0.3) is 0 Å². The fourth-order valence-electron chi connectivity index (χ4n) is 1.72. The lowest BCUT2D eigenvalue weighted by Crippen LogP contribution is -2.01. The van der Waals surface area contributed by atoms with E-state index in [1.165, 1.54) is 11.8 Å². The molecule has 0 radical (unpaired) electrons. The zero-order valence-corrected chi connectivity index (χ0v) is 12.8. The van der Waals surface area contributed by atoms with Gasteiger partial charge in [0.2, 0.25) is 0 Å². The summed E-state index contributed by atoms with van der Waals surface area (Å²) < 4.78 is 0. The predicted octanol–water partition coefficient (Wildman–Crippen LogP) is 3.67. The molecule has 1 aromatic carbocycles. The molecule has 0 unspecified atom stereocenters. The van der Waals surface area contributed by atoms with Crippen LogP contribution < -0.4 is 5.73 Å². The molecule has 1 aromatic heterocycles. The summed E-state index contributed by atoms with van der Waals surface area (Å²) in [5.74, 6) is 0. The molecule has 100 valence electrons. The number of aromatic nitrogens is 2. The van der Waals surface area contributed by atoms with E-state index in [4.69, 9.17) is 17.3 Å². The lowest BCUT2D eigenvalue weighted by atomic mass is 10.2. The van der Waals surface area contributed by atoms with Crippen LogP contribution in [0.4, 0.5) is 0 Å². The molecule has 0 saturated heterocycles. The van der Waals surface area contributed by atoms with Gasteiger partial charge in [-0.25, -0.2) is 9.97 Å². The van der Waals surface area contributed by atoms with Gasteiger partial charge in [-0.1, -0.05) is 17.7 Å². The molecule has 2 aromatic rings. The molecule has 2 N–H and O–H groups in total. The first-order chi connectivity index (χ1) is 9.02. The first kappa shape index (κ1) is 14.3. The highest BCUT2D eigenvalue weighted by Crippen LogP contribution is 2.32. The third-order valence-corrected chi connectivity index (χ3v) is 4.42. The number of hydrogen-bond acceptors (Lipinski definition) is 4. The molecule has 0 amide bonds. The van der Waals surface area contributed by atoms with Gasteiger partial charge >= 0.3 is 0 Å². The number of aryl methyl sites for hydroxylation is 2. The molecule has 0 saturated carbocycles. The van der Waals surface area contributed by atoms with Crippen LogP contribution in [-0.4, -0.2) is 9.97 Å². The fourth-order valence-corrected chi connectivity index (χ4v) is 3.05. The number of hydrogen-bond donors (Lipinski definition) is 1. The van der Waals surface area contributed by atoms with E-state index in [1.807, 2.05) is 39.0 Å². The van der Waals surface area contributed by atoms with Crippen LogP contribution in [0.15, 0.2) is 28.3 Å². The van der Waals surface area contributed by atoms with E-state index < -0.39 is 0 Å². The zero-order chi connectivity index (χ0) is 14.0. The minimum absolute atomic E-state index is 0.409. The Morgan fingerprint density at radius 3 is 2.37 bits per heavy atom. The minimum atomic E-state index is 0.409. The maximum atomic E-state index is 6.15. The maximum absolute atomic E-state index is 6.15. The van der Waals surface area contributed by atoms with Gasteiger partial charge in [-0.15, -0.1) is 0 Å². The van der Waals surface area contributed by atoms with Crippen LogP contribution in [0.3, 0.4) is 0 Å². The zero-order valence-electron chi connectivity index (χ0n) is 11.2. The van der Waals surface area contributed by atoms with Crippen LogP contribution in [0.5, 0.6) is 0 Å². The van der Waals surface area contributed by atoms with Gasteiger partial charge < -0.3 is 5.73 Å². The second-order valence-corrected chi connectivity index (χ2v) is 5.74. The molecular weight excluding hydrogens is 278 g/mol. The molecule has 3 nitrogen and oxygen atoms in total. The van der Waals surface area contributed by atoms with Gasteiger partial charge in [0.1, 0.15) is 0 Å². The Balaban J connectivity index is 2.39. The van der Waals surface area contributed by atoms with Crippen LogP contribution in [0.1, 0.15) is 22.5 Å². The van der Waals surface area contributed by atoms with Crippen molar-refractivity contribution in [2.24, 2.45) is 5.73 Å². The van der Waals surface area contributed by atoms with Crippen molar-refractivity contribution in [3.8, 4) is 0 Å². The Morgan fingerprint density at radius 2 is 1.79 bits per heavy atom. The molecule has 0 fully saturated rings. The number of halogens is 1. The summed E-state index contributed by atoms with van der Waals surface area (Å²) in [6.07, 6.45) is 0. The lowest BCUT2D eigenvalue weighted by molar-refractivity contribution is 0.879. The van der Waals surface area contributed by atoms with Crippen molar-refractivity contribution in [1.29, 1.82) is 0 Å². The van der Waals surface area contributed by atoms with E-state index >= 15 is 0 Å². The van der Waals surface area contributed by atoms with E-state index in [0.29, 0.717) is 11.6 Å². The summed E-state index contributed by atoms with van der Waals surface area (Å²) in [5.41, 5.74) is 9.83. The molecule has 0 aliphatic carbocycles. The van der Waals surface area contributed by atoms with Gasteiger partial charge in [-0.05, 0) is 55.8 Å². The largest absolute Gasteiger partial charge is 0.326 e. The van der Waals surface area contributed by atoms with Crippen LogP contribution in [0.2, 0.25) is 5.02 Å². The maximum Gasteiger partial charge on any atom is 0.192 e. The van der Waals surface area contributed by atoms with E-state index in [-0.39, 0.29) is 0 Å². The van der Waals surface area contributed by atoms with Crippen molar-refractivity contribution in [3.63, 3.8) is 0 Å². The first-order valence-electron chi connectivity index (χ1n) is 6.00. The second-order valence-electron chi connectivity index (χ2n) is 4.32. The van der Waals surface area contributed by atoms with Crippen molar-refractivity contribution in [2.45, 2.75) is 37.4 Å². The number of benzene rings is 1. The smallest absolute Gasteiger partial charge is 0.192 e. The molecular formula is C14H16ClN3S. The summed E-state index contributed by atoms with van der Waals surface area (Å²) in [6, 6.07) is 5.75. The Bertz CT molecular complexity index is 591. The first-order valence-corrected chi connectivity index (χ1v) is 7.19. The normalized spacial score (nSPS) is 10.8. The third kappa shape index (κ3) is 3.08. The van der Waals surface area contributed by atoms with Gasteiger partial charge in [0, 0.05) is 27.9 Å². The summed E-state index contributed by atoms with van der Waals surface area (Å²) in [5, 5.41) is 1.42. The average Bonchev–Trinajstić information content (AvgIpc) is 2.36. The van der Waals surface area contributed by atoms with Crippen molar-refractivity contribution in [1.82, 2.24) is 9.97 Å². The predicted molar refractivity (Wildman–Crippen MR) is 79.7 cm³/mol. The monoisotopic (exact) mass is 293 g/mol. The van der Waals surface area contributed by atoms with Crippen molar-refractivity contribution < 1.29 is 0 Å². The molecule has 0 aliphatic heterocycles. The van der Waals surface area contributed by atoms with Gasteiger partial charge in [0.05, 0.1) is 0 Å². The molecule has 19 heavy (non-hydrogen) atoms. The summed E-state index contributed by atoms with van der Waals surface area (Å²) in [7, 11) is 0. The SMILES string of the molecule is Cc1nc(Sc2cccc(Cl)c2CN)nc(C)c1C. The third-order valence-electron chi connectivity index (χ3n) is 3.09. The Hall–Kier alpha value is -1.10. The molecule has 5 heteroatoms. The van der Waals surface area contributed by atoms with Crippen LogP contribution in [0, 0.1) is 20.8 Å². The standard InChI is InChI=1S/C14H16ClN3S/c1-8-9(2)17-14(18-10(8)3)19-13-6-4-5-12(15)11(13)7-16/h4-6H,7,16H2,1-3H3. The summed E-state index contributed by atoms with van der Waals surface area (Å²) in [6.45, 7) is 6.43. The van der Waals surface area contributed by atoms with E-state index in [1.54, 1.807) is 0 Å². The topological polar surface area (TPSA) is 51.8 Å². The van der Waals surface area contributed by atoms with E-state index in [2.05, 4.69) is 9.97 Å². The van der Waals surface area contributed by atoms with Crippen LogP contribution >= 0.6 is 23.4 Å². The molecule has 0 bridgehead atoms. The van der Waals surface area contributed by atoms with Crippen molar-refractivity contribution in [3.05, 3.63) is 45.7 Å². The molecule has 2 rings (SSSR count). The number of nitrogens with two attached hydrogens (primary N) is 1. The van der Waals surface area contributed by atoms with Crippen LogP contribution in [-0.2, 0) is 6.54 Å². The summed E-state index contributed by atoms with van der Waals surface area (Å²) >= 11 is 7.65. The summed E-state index contributed by atoms with van der Waals surface area (Å²) in [4.78, 5) is 10.0. The van der Waals surface area contributed by atoms with Gasteiger partial charge in [-0.2, -0.15) is 0 Å². The fraction of sp³-hybridized carbons (Fsp3) is 0.286.